The smallest absolute Gasteiger partial charge is 0.223 e. The van der Waals surface area contributed by atoms with E-state index in [2.05, 4.69) is 32.8 Å². The molecule has 1 aliphatic carbocycles. The molecule has 0 radical (unpaired) electrons. The Labute approximate surface area is 179 Å². The Morgan fingerprint density at radius 3 is 2.81 bits per heavy atom. The number of anilines is 2. The second kappa shape index (κ2) is 6.83. The molecule has 31 heavy (non-hydrogen) atoms. The number of ether oxygens (including phenoxy) is 1. The van der Waals surface area contributed by atoms with Crippen molar-refractivity contribution in [1.29, 1.82) is 0 Å². The van der Waals surface area contributed by atoms with E-state index in [0.29, 0.717) is 29.3 Å². The molecule has 6 rings (SSSR count). The molecule has 0 unspecified atom stereocenters. The van der Waals surface area contributed by atoms with Crippen molar-refractivity contribution in [1.82, 2.24) is 29.4 Å². The highest BCUT2D eigenvalue weighted by atomic mass is 16.5. The van der Waals surface area contributed by atoms with Crippen LogP contribution < -0.4 is 15.4 Å². The highest BCUT2D eigenvalue weighted by Gasteiger charge is 2.31. The zero-order valence-electron chi connectivity index (χ0n) is 17.8. The molecule has 2 aliphatic rings. The molecule has 160 valence electrons. The fraction of sp³-hybridized carbons (Fsp3) is 0.455. The van der Waals surface area contributed by atoms with Gasteiger partial charge in [-0.15, -0.1) is 5.10 Å². The molecule has 3 aromatic heterocycles. The lowest BCUT2D eigenvalue weighted by Gasteiger charge is -2.37. The van der Waals surface area contributed by atoms with Crippen LogP contribution in [0.15, 0.2) is 30.6 Å². The van der Waals surface area contributed by atoms with E-state index in [4.69, 9.17) is 20.6 Å². The summed E-state index contributed by atoms with van der Waals surface area (Å²) in [4.78, 5) is 11.9. The highest BCUT2D eigenvalue weighted by Crippen LogP contribution is 2.37. The van der Waals surface area contributed by atoms with Gasteiger partial charge in [0.15, 0.2) is 11.5 Å². The summed E-state index contributed by atoms with van der Waals surface area (Å²) in [5.41, 5.74) is 8.86. The summed E-state index contributed by atoms with van der Waals surface area (Å²) in [6, 6.07) is 6.85. The number of piperidine rings is 1. The predicted octanol–water partition coefficient (Wildman–Crippen LogP) is 3.17. The number of methoxy groups -OCH3 is 1. The number of nitrogens with zero attached hydrogens (tertiary/aromatic N) is 7. The molecular weight excluding hydrogens is 392 g/mol. The van der Waals surface area contributed by atoms with E-state index >= 15 is 0 Å². The van der Waals surface area contributed by atoms with Crippen LogP contribution in [0.5, 0.6) is 5.75 Å². The van der Waals surface area contributed by atoms with Crippen LogP contribution in [0.3, 0.4) is 0 Å². The van der Waals surface area contributed by atoms with Crippen molar-refractivity contribution < 1.29 is 4.74 Å². The third-order valence-electron chi connectivity index (χ3n) is 6.61. The van der Waals surface area contributed by atoms with Gasteiger partial charge in [-0.3, -0.25) is 4.68 Å². The molecule has 1 aromatic carbocycles. The summed E-state index contributed by atoms with van der Waals surface area (Å²) in [5, 5.41) is 10.2. The highest BCUT2D eigenvalue weighted by molar-refractivity contribution is 5.95. The first-order chi connectivity index (χ1) is 15.1. The van der Waals surface area contributed by atoms with E-state index in [-0.39, 0.29) is 5.92 Å². The fourth-order valence-corrected chi connectivity index (χ4v) is 4.67. The van der Waals surface area contributed by atoms with Gasteiger partial charge in [0.2, 0.25) is 5.95 Å². The number of benzene rings is 1. The minimum atomic E-state index is 0.223. The average Bonchev–Trinajstić information content (AvgIpc) is 3.33. The number of para-hydroxylation sites is 1. The Bertz CT molecular complexity index is 1270. The molecule has 4 aromatic rings. The first kappa shape index (κ1) is 18.4. The summed E-state index contributed by atoms with van der Waals surface area (Å²) < 4.78 is 9.23. The van der Waals surface area contributed by atoms with Gasteiger partial charge in [-0.05, 0) is 44.7 Å². The van der Waals surface area contributed by atoms with Crippen LogP contribution in [0.4, 0.5) is 11.6 Å². The maximum atomic E-state index is 6.24. The number of hydrogen-bond acceptors (Lipinski definition) is 7. The standard InChI is InChI=1S/C22H26N8O/c1-13-6-7-14(11-28(13)16-10-24-29(12-16)15-8-9-15)20-26-21-17-4-3-5-18(31-2)19(17)25-22(23)30(21)27-20/h3-5,10,12-15H,6-9,11H2,1-2H3,(H2,23,25)/t13-,14-/m0/s1. The van der Waals surface area contributed by atoms with E-state index < -0.39 is 0 Å². The Morgan fingerprint density at radius 2 is 2.00 bits per heavy atom. The van der Waals surface area contributed by atoms with Crippen molar-refractivity contribution in [2.24, 2.45) is 0 Å². The van der Waals surface area contributed by atoms with Crippen molar-refractivity contribution >= 4 is 28.2 Å². The van der Waals surface area contributed by atoms with E-state index in [1.165, 1.54) is 18.5 Å². The molecule has 1 saturated carbocycles. The Kier molecular flexibility index (Phi) is 4.06. The number of rotatable bonds is 4. The molecule has 0 bridgehead atoms. The minimum Gasteiger partial charge on any atom is -0.494 e. The van der Waals surface area contributed by atoms with Crippen molar-refractivity contribution in [3.05, 3.63) is 36.4 Å². The van der Waals surface area contributed by atoms with Gasteiger partial charge in [0.05, 0.1) is 25.0 Å². The molecule has 9 heteroatoms. The second-order valence-electron chi connectivity index (χ2n) is 8.72. The Balaban J connectivity index is 1.37. The summed E-state index contributed by atoms with van der Waals surface area (Å²) in [6.45, 7) is 3.15. The van der Waals surface area contributed by atoms with Crippen molar-refractivity contribution in [3.8, 4) is 5.75 Å². The van der Waals surface area contributed by atoms with Crippen molar-refractivity contribution in [3.63, 3.8) is 0 Å². The fourth-order valence-electron chi connectivity index (χ4n) is 4.67. The van der Waals surface area contributed by atoms with Gasteiger partial charge in [-0.25, -0.2) is 9.97 Å². The van der Waals surface area contributed by atoms with Gasteiger partial charge >= 0.3 is 0 Å². The van der Waals surface area contributed by atoms with Gasteiger partial charge in [0, 0.05) is 30.1 Å². The van der Waals surface area contributed by atoms with Crippen LogP contribution in [0.1, 0.15) is 50.4 Å². The lowest BCUT2D eigenvalue weighted by Crippen LogP contribution is -2.41. The second-order valence-corrected chi connectivity index (χ2v) is 8.72. The average molecular weight is 419 g/mol. The van der Waals surface area contributed by atoms with Crippen LogP contribution in [-0.2, 0) is 0 Å². The third-order valence-corrected chi connectivity index (χ3v) is 6.61. The number of nitrogen functional groups attached to an aromatic ring is 1. The largest absolute Gasteiger partial charge is 0.494 e. The first-order valence-corrected chi connectivity index (χ1v) is 10.9. The van der Waals surface area contributed by atoms with Crippen molar-refractivity contribution in [2.45, 2.75) is 50.6 Å². The maximum absolute atomic E-state index is 6.24. The molecule has 1 saturated heterocycles. The number of hydrogen-bond donors (Lipinski definition) is 1. The number of fused-ring (bicyclic) bond motifs is 3. The van der Waals surface area contributed by atoms with E-state index in [9.17, 15) is 0 Å². The Morgan fingerprint density at radius 1 is 1.13 bits per heavy atom. The van der Waals surface area contributed by atoms with Gasteiger partial charge in [-0.2, -0.15) is 9.61 Å². The molecule has 2 fully saturated rings. The lowest BCUT2D eigenvalue weighted by atomic mass is 9.92. The molecule has 9 nitrogen and oxygen atoms in total. The quantitative estimate of drug-likeness (QED) is 0.543. The van der Waals surface area contributed by atoms with E-state index in [0.717, 1.165) is 36.2 Å². The molecule has 4 heterocycles. The number of nitrogens with two attached hydrogens (primary N) is 1. The summed E-state index contributed by atoms with van der Waals surface area (Å²) in [6.07, 6.45) is 8.78. The summed E-state index contributed by atoms with van der Waals surface area (Å²) in [7, 11) is 1.63. The topological polar surface area (TPSA) is 99.4 Å². The molecule has 2 atom stereocenters. The SMILES string of the molecule is COc1cccc2c1nc(N)n1nc([C@H]3CC[C@H](C)N(c4cnn(C5CC5)c4)C3)nc21. The lowest BCUT2D eigenvalue weighted by molar-refractivity contribution is 0.419. The first-order valence-electron chi connectivity index (χ1n) is 10.9. The van der Waals surface area contributed by atoms with Gasteiger partial charge < -0.3 is 15.4 Å². The van der Waals surface area contributed by atoms with Crippen LogP contribution in [-0.4, -0.2) is 49.1 Å². The van der Waals surface area contributed by atoms with Crippen LogP contribution in [0, 0.1) is 0 Å². The molecule has 0 amide bonds. The van der Waals surface area contributed by atoms with Crippen LogP contribution >= 0.6 is 0 Å². The normalized spacial score (nSPS) is 21.8. The zero-order chi connectivity index (χ0) is 21.1. The van der Waals surface area contributed by atoms with Crippen LogP contribution in [0.25, 0.3) is 16.6 Å². The van der Waals surface area contributed by atoms with Crippen LogP contribution in [0.2, 0.25) is 0 Å². The third kappa shape index (κ3) is 2.98. The molecule has 2 N–H and O–H groups in total. The molecular formula is C22H26N8O. The monoisotopic (exact) mass is 418 g/mol. The minimum absolute atomic E-state index is 0.223. The number of aromatic nitrogens is 6. The molecule has 0 spiro atoms. The maximum Gasteiger partial charge on any atom is 0.223 e. The zero-order valence-corrected chi connectivity index (χ0v) is 17.8. The Hall–Kier alpha value is -3.36. The van der Waals surface area contributed by atoms with E-state index in [1.807, 2.05) is 24.4 Å². The van der Waals surface area contributed by atoms with Gasteiger partial charge in [0.25, 0.3) is 0 Å². The summed E-state index contributed by atoms with van der Waals surface area (Å²) >= 11 is 0. The van der Waals surface area contributed by atoms with Gasteiger partial charge in [0.1, 0.15) is 11.3 Å². The molecule has 1 aliphatic heterocycles. The summed E-state index contributed by atoms with van der Waals surface area (Å²) in [5.74, 6) is 2.04. The van der Waals surface area contributed by atoms with Gasteiger partial charge in [-0.1, -0.05) is 6.07 Å². The van der Waals surface area contributed by atoms with E-state index in [1.54, 1.807) is 11.6 Å². The van der Waals surface area contributed by atoms with Crippen molar-refractivity contribution in [2.75, 3.05) is 24.3 Å². The predicted molar refractivity (Wildman–Crippen MR) is 119 cm³/mol.